The molecule has 0 aromatic heterocycles. The van der Waals surface area contributed by atoms with Gasteiger partial charge in [0.05, 0.1) is 6.54 Å². The highest BCUT2D eigenvalue weighted by molar-refractivity contribution is 5.78. The zero-order valence-electron chi connectivity index (χ0n) is 16.2. The number of ether oxygens (including phenoxy) is 1. The van der Waals surface area contributed by atoms with Crippen LogP contribution >= 0.6 is 0 Å². The van der Waals surface area contributed by atoms with E-state index >= 15 is 0 Å². The summed E-state index contributed by atoms with van der Waals surface area (Å²) >= 11 is 0. The lowest BCUT2D eigenvalue weighted by Crippen LogP contribution is -2.45. The normalized spacial score (nSPS) is 20.0. The van der Waals surface area contributed by atoms with Gasteiger partial charge in [-0.05, 0) is 62.1 Å². The first-order chi connectivity index (χ1) is 12.6. The van der Waals surface area contributed by atoms with Crippen LogP contribution in [0.15, 0.2) is 24.3 Å². The van der Waals surface area contributed by atoms with E-state index in [1.807, 2.05) is 4.90 Å². The van der Waals surface area contributed by atoms with Crippen molar-refractivity contribution in [3.05, 3.63) is 41.0 Å². The van der Waals surface area contributed by atoms with Crippen molar-refractivity contribution < 1.29 is 9.53 Å². The number of aryl methyl sites for hydroxylation is 2. The van der Waals surface area contributed by atoms with Crippen molar-refractivity contribution in [3.8, 4) is 0 Å². The number of hydrogen-bond donors (Lipinski definition) is 1. The molecule has 0 radical (unpaired) electrons. The predicted molar refractivity (Wildman–Crippen MR) is 106 cm³/mol. The summed E-state index contributed by atoms with van der Waals surface area (Å²) in [5.74, 6) is 0.815. The van der Waals surface area contributed by atoms with E-state index in [9.17, 15) is 4.79 Å². The number of rotatable bonds is 5. The maximum Gasteiger partial charge on any atom is 0.236 e. The fourth-order valence-corrected chi connectivity index (χ4v) is 3.91. The zero-order valence-corrected chi connectivity index (χ0v) is 16.2. The third-order valence-corrected chi connectivity index (χ3v) is 5.73. The Labute approximate surface area is 157 Å². The SMILES string of the molecule is Cc1cccc(C)c1/C=C/C1CCN(C(=O)CNC2CCOCC2)CC1. The summed E-state index contributed by atoms with van der Waals surface area (Å²) in [6.45, 7) is 8.16. The third-order valence-electron chi connectivity index (χ3n) is 5.73. The molecule has 2 fully saturated rings. The highest BCUT2D eigenvalue weighted by Crippen LogP contribution is 2.22. The van der Waals surface area contributed by atoms with Crippen LogP contribution in [0.4, 0.5) is 0 Å². The molecule has 2 aliphatic rings. The smallest absolute Gasteiger partial charge is 0.236 e. The number of nitrogens with zero attached hydrogens (tertiary/aromatic N) is 1. The van der Waals surface area contributed by atoms with E-state index in [1.54, 1.807) is 0 Å². The fraction of sp³-hybridized carbons (Fsp3) is 0.591. The van der Waals surface area contributed by atoms with Gasteiger partial charge >= 0.3 is 0 Å². The average Bonchev–Trinajstić information content (AvgIpc) is 2.67. The minimum atomic E-state index is 0.244. The summed E-state index contributed by atoms with van der Waals surface area (Å²) in [5, 5.41) is 3.40. The summed E-state index contributed by atoms with van der Waals surface area (Å²) in [6.07, 6.45) is 8.77. The predicted octanol–water partition coefficient (Wildman–Crippen LogP) is 3.32. The first-order valence-electron chi connectivity index (χ1n) is 9.97. The first-order valence-corrected chi connectivity index (χ1v) is 9.97. The van der Waals surface area contributed by atoms with Crippen molar-refractivity contribution >= 4 is 12.0 Å². The van der Waals surface area contributed by atoms with Crippen molar-refractivity contribution in [2.45, 2.75) is 45.6 Å². The Morgan fingerprint density at radius 2 is 1.81 bits per heavy atom. The lowest BCUT2D eigenvalue weighted by atomic mass is 9.94. The van der Waals surface area contributed by atoms with Crippen molar-refractivity contribution in [3.63, 3.8) is 0 Å². The zero-order chi connectivity index (χ0) is 18.4. The van der Waals surface area contributed by atoms with Gasteiger partial charge in [-0.25, -0.2) is 0 Å². The molecule has 0 bridgehead atoms. The number of benzene rings is 1. The van der Waals surface area contributed by atoms with Crippen LogP contribution in [-0.4, -0.2) is 49.7 Å². The second-order valence-electron chi connectivity index (χ2n) is 7.65. The molecule has 0 saturated carbocycles. The Kier molecular flexibility index (Phi) is 6.86. The number of hydrogen-bond acceptors (Lipinski definition) is 3. The minimum absolute atomic E-state index is 0.244. The molecule has 26 heavy (non-hydrogen) atoms. The second kappa shape index (κ2) is 9.33. The van der Waals surface area contributed by atoms with Crippen LogP contribution in [0.25, 0.3) is 6.08 Å². The van der Waals surface area contributed by atoms with Crippen molar-refractivity contribution in [1.29, 1.82) is 0 Å². The van der Waals surface area contributed by atoms with Crippen molar-refractivity contribution in [2.75, 3.05) is 32.8 Å². The number of likely N-dealkylation sites (tertiary alicyclic amines) is 1. The van der Waals surface area contributed by atoms with E-state index in [0.29, 0.717) is 18.5 Å². The Morgan fingerprint density at radius 1 is 1.15 bits per heavy atom. The summed E-state index contributed by atoms with van der Waals surface area (Å²) in [4.78, 5) is 14.5. The van der Waals surface area contributed by atoms with E-state index in [4.69, 9.17) is 4.74 Å². The van der Waals surface area contributed by atoms with Crippen LogP contribution < -0.4 is 5.32 Å². The average molecular weight is 357 g/mol. The molecule has 4 heteroatoms. The lowest BCUT2D eigenvalue weighted by Gasteiger charge is -2.32. The van der Waals surface area contributed by atoms with Gasteiger partial charge in [0, 0.05) is 32.3 Å². The Hall–Kier alpha value is -1.65. The van der Waals surface area contributed by atoms with Crippen LogP contribution in [0.3, 0.4) is 0 Å². The standard InChI is InChI=1S/C22H32N2O2/c1-17-4-3-5-18(2)21(17)7-6-19-8-12-24(13-9-19)22(25)16-23-20-10-14-26-15-11-20/h3-7,19-20,23H,8-16H2,1-2H3/b7-6+. The van der Waals surface area contributed by atoms with Crippen LogP contribution in [0.5, 0.6) is 0 Å². The van der Waals surface area contributed by atoms with Crippen LogP contribution in [0.2, 0.25) is 0 Å². The number of piperidine rings is 1. The van der Waals surface area contributed by atoms with Crippen molar-refractivity contribution in [1.82, 2.24) is 10.2 Å². The van der Waals surface area contributed by atoms with Crippen LogP contribution in [-0.2, 0) is 9.53 Å². The van der Waals surface area contributed by atoms with Gasteiger partial charge in [0.15, 0.2) is 0 Å². The molecule has 1 amide bonds. The van der Waals surface area contributed by atoms with Gasteiger partial charge in [0.25, 0.3) is 0 Å². The Balaban J connectivity index is 1.43. The van der Waals surface area contributed by atoms with Crippen LogP contribution in [0, 0.1) is 19.8 Å². The summed E-state index contributed by atoms with van der Waals surface area (Å²) in [6, 6.07) is 6.88. The molecule has 1 N–H and O–H groups in total. The second-order valence-corrected chi connectivity index (χ2v) is 7.65. The molecule has 1 aromatic carbocycles. The molecule has 0 aliphatic carbocycles. The highest BCUT2D eigenvalue weighted by atomic mass is 16.5. The molecule has 4 nitrogen and oxygen atoms in total. The molecule has 142 valence electrons. The van der Waals surface area contributed by atoms with Gasteiger partial charge < -0.3 is 15.0 Å². The molecule has 0 spiro atoms. The Morgan fingerprint density at radius 3 is 2.46 bits per heavy atom. The van der Waals surface area contributed by atoms with Gasteiger partial charge in [-0.2, -0.15) is 0 Å². The van der Waals surface area contributed by atoms with E-state index < -0.39 is 0 Å². The van der Waals surface area contributed by atoms with Gasteiger partial charge in [0.2, 0.25) is 5.91 Å². The molecule has 2 saturated heterocycles. The maximum absolute atomic E-state index is 12.4. The largest absolute Gasteiger partial charge is 0.381 e. The van der Waals surface area contributed by atoms with Gasteiger partial charge in [-0.15, -0.1) is 0 Å². The molecule has 3 rings (SSSR count). The number of amides is 1. The molecule has 0 atom stereocenters. The van der Waals surface area contributed by atoms with Crippen molar-refractivity contribution in [2.24, 2.45) is 5.92 Å². The summed E-state index contributed by atoms with van der Waals surface area (Å²) in [7, 11) is 0. The van der Waals surface area contributed by atoms with Gasteiger partial charge in [-0.1, -0.05) is 30.4 Å². The number of nitrogens with one attached hydrogen (secondary N) is 1. The minimum Gasteiger partial charge on any atom is -0.381 e. The number of carbonyl (C=O) groups excluding carboxylic acids is 1. The number of allylic oxidation sites excluding steroid dienone is 1. The monoisotopic (exact) mass is 356 g/mol. The summed E-state index contributed by atoms with van der Waals surface area (Å²) in [5.41, 5.74) is 3.99. The van der Waals surface area contributed by atoms with E-state index in [-0.39, 0.29) is 5.91 Å². The Bertz CT molecular complexity index is 607. The van der Waals surface area contributed by atoms with Gasteiger partial charge in [-0.3, -0.25) is 4.79 Å². The molecular formula is C22H32N2O2. The summed E-state index contributed by atoms with van der Waals surface area (Å²) < 4.78 is 5.36. The van der Waals surface area contributed by atoms with E-state index in [0.717, 1.165) is 52.0 Å². The molecule has 0 unspecified atom stereocenters. The highest BCUT2D eigenvalue weighted by Gasteiger charge is 2.22. The van der Waals surface area contributed by atoms with E-state index in [1.165, 1.54) is 16.7 Å². The third kappa shape index (κ3) is 5.18. The quantitative estimate of drug-likeness (QED) is 0.880. The number of carbonyl (C=O) groups is 1. The van der Waals surface area contributed by atoms with Gasteiger partial charge in [0.1, 0.15) is 0 Å². The molecule has 2 heterocycles. The molecule has 1 aromatic rings. The molecular weight excluding hydrogens is 324 g/mol. The lowest BCUT2D eigenvalue weighted by molar-refractivity contribution is -0.131. The van der Waals surface area contributed by atoms with Crippen LogP contribution in [0.1, 0.15) is 42.4 Å². The fourth-order valence-electron chi connectivity index (χ4n) is 3.91. The van der Waals surface area contributed by atoms with E-state index in [2.05, 4.69) is 49.5 Å². The molecule has 2 aliphatic heterocycles. The topological polar surface area (TPSA) is 41.6 Å². The maximum atomic E-state index is 12.4. The first kappa shape index (κ1) is 19.1.